The molecule has 12 heteroatoms. The lowest BCUT2D eigenvalue weighted by Gasteiger charge is -2.46. The summed E-state index contributed by atoms with van der Waals surface area (Å²) in [6.45, 7) is 12.1. The lowest BCUT2D eigenvalue weighted by atomic mass is 9.60. The molecule has 49 heavy (non-hydrogen) atoms. The fourth-order valence-electron chi connectivity index (χ4n) is 6.62. The molecular formula is C37H48O12. The van der Waals surface area contributed by atoms with Gasteiger partial charge in [0.25, 0.3) is 0 Å². The van der Waals surface area contributed by atoms with Gasteiger partial charge in [-0.3, -0.25) is 0 Å². The summed E-state index contributed by atoms with van der Waals surface area (Å²) in [5.41, 5.74) is 0.445. The molecule has 2 fully saturated rings. The van der Waals surface area contributed by atoms with Crippen LogP contribution >= 0.6 is 0 Å². The molecule has 0 atom stereocenters. The van der Waals surface area contributed by atoms with Crippen LogP contribution in [0.3, 0.4) is 0 Å². The second-order valence-electron chi connectivity index (χ2n) is 13.8. The molecule has 12 nitrogen and oxygen atoms in total. The summed E-state index contributed by atoms with van der Waals surface area (Å²) in [6.07, 6.45) is 3.44. The highest BCUT2D eigenvalue weighted by atomic mass is 17.2. The molecule has 0 aliphatic heterocycles. The second kappa shape index (κ2) is 17.3. The molecule has 0 saturated heterocycles. The third-order valence-electron chi connectivity index (χ3n) is 9.27. The van der Waals surface area contributed by atoms with E-state index in [0.29, 0.717) is 49.0 Å². The number of hydrogen-bond donors (Lipinski definition) is 0. The first kappa shape index (κ1) is 37.3. The van der Waals surface area contributed by atoms with Gasteiger partial charge in [-0.05, 0) is 145 Å². The highest BCUT2D eigenvalue weighted by molar-refractivity contribution is 5.90. The summed E-state index contributed by atoms with van der Waals surface area (Å²) in [4.78, 5) is 67.5. The minimum atomic E-state index is -1.05. The van der Waals surface area contributed by atoms with Gasteiger partial charge in [0.05, 0.1) is 23.3 Å². The van der Waals surface area contributed by atoms with Gasteiger partial charge in [-0.15, -0.1) is 0 Å². The Labute approximate surface area is 287 Å². The van der Waals surface area contributed by atoms with Crippen molar-refractivity contribution in [2.24, 2.45) is 17.3 Å². The van der Waals surface area contributed by atoms with Gasteiger partial charge in [-0.25, -0.2) is 29.1 Å². The molecule has 0 bridgehead atoms. The van der Waals surface area contributed by atoms with E-state index >= 15 is 0 Å². The Bertz CT molecular complexity index is 1280. The van der Waals surface area contributed by atoms with E-state index in [4.69, 9.17) is 18.9 Å². The van der Waals surface area contributed by atoms with E-state index in [9.17, 15) is 19.2 Å². The monoisotopic (exact) mass is 684 g/mol. The maximum atomic E-state index is 12.2. The molecule has 0 N–H and O–H groups in total. The van der Waals surface area contributed by atoms with Crippen molar-refractivity contribution in [3.05, 3.63) is 59.7 Å². The van der Waals surface area contributed by atoms with E-state index in [1.54, 1.807) is 24.3 Å². The van der Waals surface area contributed by atoms with Crippen molar-refractivity contribution < 1.29 is 57.7 Å². The minimum absolute atomic E-state index is 0.000222. The third-order valence-corrected chi connectivity index (χ3v) is 9.27. The van der Waals surface area contributed by atoms with Gasteiger partial charge in [0.2, 0.25) is 0 Å². The van der Waals surface area contributed by atoms with Crippen LogP contribution in [0.5, 0.6) is 11.5 Å². The summed E-state index contributed by atoms with van der Waals surface area (Å²) >= 11 is 0. The zero-order valence-corrected chi connectivity index (χ0v) is 29.1. The molecule has 2 saturated carbocycles. The summed E-state index contributed by atoms with van der Waals surface area (Å²) in [5.74, 6) is 0.441. The molecule has 2 aromatic rings. The van der Waals surface area contributed by atoms with Gasteiger partial charge in [0.1, 0.15) is 23.7 Å². The quantitative estimate of drug-likeness (QED) is 0.134. The number of rotatable bonds is 10. The molecule has 2 aliphatic rings. The predicted molar refractivity (Wildman–Crippen MR) is 176 cm³/mol. The lowest BCUT2D eigenvalue weighted by molar-refractivity contribution is -0.209. The maximum absolute atomic E-state index is 12.2. The first-order chi connectivity index (χ1) is 23.3. The van der Waals surface area contributed by atoms with Gasteiger partial charge >= 0.3 is 24.2 Å². The van der Waals surface area contributed by atoms with E-state index in [1.165, 1.54) is 24.3 Å². The molecule has 4 rings (SSSR count). The Hall–Kier alpha value is -4.48. The van der Waals surface area contributed by atoms with E-state index in [2.05, 4.69) is 33.4 Å². The number of carbonyl (C=O) groups is 4. The number of benzene rings is 2. The first-order valence-electron chi connectivity index (χ1n) is 17.0. The van der Waals surface area contributed by atoms with Crippen molar-refractivity contribution in [1.82, 2.24) is 0 Å². The van der Waals surface area contributed by atoms with Gasteiger partial charge in [-0.2, -0.15) is 9.59 Å². The van der Waals surface area contributed by atoms with Crippen LogP contribution in [0.25, 0.3) is 0 Å². The summed E-state index contributed by atoms with van der Waals surface area (Å²) in [6, 6.07) is 12.6. The molecule has 2 aromatic carbocycles. The minimum Gasteiger partial charge on any atom is -0.491 e. The molecule has 0 aromatic heterocycles. The predicted octanol–water partition coefficient (Wildman–Crippen LogP) is 8.56. The highest BCUT2D eigenvalue weighted by Gasteiger charge is 2.41. The van der Waals surface area contributed by atoms with Crippen molar-refractivity contribution in [2.75, 3.05) is 0 Å². The van der Waals surface area contributed by atoms with E-state index in [1.807, 2.05) is 27.7 Å². The Morgan fingerprint density at radius 3 is 1.16 bits per heavy atom. The first-order valence-corrected chi connectivity index (χ1v) is 17.0. The van der Waals surface area contributed by atoms with Crippen molar-refractivity contribution in [1.29, 1.82) is 0 Å². The number of carbonyl (C=O) groups excluding carboxylic acids is 4. The van der Waals surface area contributed by atoms with Gasteiger partial charge in [-0.1, -0.05) is 13.8 Å². The number of ether oxygens (including phenoxy) is 4. The average molecular weight is 685 g/mol. The molecule has 2 aliphatic carbocycles. The van der Waals surface area contributed by atoms with Crippen molar-refractivity contribution in [3.8, 4) is 11.5 Å². The van der Waals surface area contributed by atoms with Crippen LogP contribution < -0.4 is 9.47 Å². The second-order valence-corrected chi connectivity index (χ2v) is 13.8. The van der Waals surface area contributed by atoms with Crippen LogP contribution in [0.4, 0.5) is 9.59 Å². The average Bonchev–Trinajstić information content (AvgIpc) is 3.07. The molecule has 268 valence electrons. The summed E-state index contributed by atoms with van der Waals surface area (Å²) in [7, 11) is 0. The van der Waals surface area contributed by atoms with Gasteiger partial charge in [0, 0.05) is 0 Å². The Balaban J connectivity index is 1.11. The van der Waals surface area contributed by atoms with Crippen molar-refractivity contribution in [3.63, 3.8) is 0 Å². The normalized spacial score (nSPS) is 20.9. The SMILES string of the molecule is CC(C)Oc1ccc(C(=O)OOC(=O)OC2CCC(C(C)(C)C3CCC(OC(=O)OOC(=O)c4ccc(OC(C)C)cc4)CC3)CC2)cc1. The highest BCUT2D eigenvalue weighted by Crippen LogP contribution is 2.49. The van der Waals surface area contributed by atoms with Crippen molar-refractivity contribution in [2.45, 2.75) is 117 Å². The van der Waals surface area contributed by atoms with Gasteiger partial charge < -0.3 is 18.9 Å². The fourth-order valence-corrected chi connectivity index (χ4v) is 6.62. The Morgan fingerprint density at radius 1 is 0.531 bits per heavy atom. The van der Waals surface area contributed by atoms with E-state index in [-0.39, 0.29) is 41.0 Å². The summed E-state index contributed by atoms with van der Waals surface area (Å²) < 4.78 is 21.9. The largest absolute Gasteiger partial charge is 0.550 e. The van der Waals surface area contributed by atoms with Crippen LogP contribution in [0, 0.1) is 17.3 Å². The topological polar surface area (TPSA) is 142 Å². The summed E-state index contributed by atoms with van der Waals surface area (Å²) in [5, 5.41) is 0. The van der Waals surface area contributed by atoms with Gasteiger partial charge in [0.15, 0.2) is 0 Å². The molecular weight excluding hydrogens is 636 g/mol. The van der Waals surface area contributed by atoms with Crippen LogP contribution in [0.15, 0.2) is 48.5 Å². The van der Waals surface area contributed by atoms with Crippen LogP contribution in [0.1, 0.15) is 114 Å². The zero-order valence-electron chi connectivity index (χ0n) is 29.1. The Kier molecular flexibility index (Phi) is 13.2. The molecule has 0 heterocycles. The molecule has 0 radical (unpaired) electrons. The van der Waals surface area contributed by atoms with Crippen LogP contribution in [-0.4, -0.2) is 48.7 Å². The zero-order chi connectivity index (χ0) is 35.6. The Morgan fingerprint density at radius 2 is 0.857 bits per heavy atom. The fraction of sp³-hybridized carbons (Fsp3) is 0.568. The van der Waals surface area contributed by atoms with E-state index < -0.39 is 24.2 Å². The van der Waals surface area contributed by atoms with Crippen LogP contribution in [0.2, 0.25) is 0 Å². The number of hydrogen-bond acceptors (Lipinski definition) is 12. The standard InChI is InChI=1S/C37H48O12/c1-23(2)42-29-15-7-25(8-16-29)33(38)46-48-35(40)44-31-19-11-27(12-20-31)37(5,6)28-13-21-32(22-14-28)45-36(41)49-47-34(39)26-9-17-30(18-10-26)43-24(3)4/h7-10,15-18,23-24,27-28,31-32H,11-14,19-22H2,1-6H3. The molecule has 0 spiro atoms. The smallest absolute Gasteiger partial charge is 0.491 e. The lowest BCUT2D eigenvalue weighted by Crippen LogP contribution is -2.39. The van der Waals surface area contributed by atoms with Crippen molar-refractivity contribution >= 4 is 24.2 Å². The maximum Gasteiger partial charge on any atom is 0.550 e. The molecule has 0 unspecified atom stereocenters. The van der Waals surface area contributed by atoms with E-state index in [0.717, 1.165) is 25.7 Å². The van der Waals surface area contributed by atoms with Crippen LogP contribution in [-0.2, 0) is 29.0 Å². The third kappa shape index (κ3) is 11.3. The molecule has 0 amide bonds.